The number of aliphatic carboxylic acids is 1. The molecule has 72 valence electrons. The number of nitrogens with zero attached hydrogens (tertiary/aromatic N) is 1. The molecule has 0 fully saturated rings. The Morgan fingerprint density at radius 2 is 2.36 bits per heavy atom. The lowest BCUT2D eigenvalue weighted by Gasteiger charge is -2.04. The molecule has 1 unspecified atom stereocenters. The second-order valence-corrected chi connectivity index (χ2v) is 3.19. The zero-order chi connectivity index (χ0) is 10.1. The van der Waals surface area contributed by atoms with Crippen molar-refractivity contribution >= 4 is 16.9 Å². The molecule has 0 aliphatic rings. The highest BCUT2D eigenvalue weighted by atomic mass is 16.5. The zero-order valence-electron chi connectivity index (χ0n) is 7.60. The first kappa shape index (κ1) is 8.74. The van der Waals surface area contributed by atoms with E-state index in [0.717, 1.165) is 10.9 Å². The van der Waals surface area contributed by atoms with Gasteiger partial charge >= 0.3 is 5.97 Å². The van der Waals surface area contributed by atoms with Crippen LogP contribution in [0.25, 0.3) is 10.9 Å². The van der Waals surface area contributed by atoms with E-state index in [-0.39, 0.29) is 0 Å². The lowest BCUT2D eigenvalue weighted by Crippen LogP contribution is -2.06. The third-order valence-electron chi connectivity index (χ3n) is 2.26. The van der Waals surface area contributed by atoms with Gasteiger partial charge in [-0.15, -0.1) is 0 Å². The Kier molecular flexibility index (Phi) is 1.96. The first-order valence-corrected chi connectivity index (χ1v) is 4.25. The SMILES string of the molecule is CC(C(=O)O)c1ccc2conc2c1. The lowest BCUT2D eigenvalue weighted by atomic mass is 10.0. The summed E-state index contributed by atoms with van der Waals surface area (Å²) in [4.78, 5) is 10.7. The van der Waals surface area contributed by atoms with E-state index >= 15 is 0 Å². The summed E-state index contributed by atoms with van der Waals surface area (Å²) in [6.45, 7) is 1.64. The maximum atomic E-state index is 10.7. The quantitative estimate of drug-likeness (QED) is 0.788. The molecule has 0 saturated carbocycles. The van der Waals surface area contributed by atoms with Gasteiger partial charge in [0.1, 0.15) is 11.8 Å². The Bertz CT molecular complexity index is 475. The van der Waals surface area contributed by atoms with Crippen LogP contribution in [0, 0.1) is 0 Å². The molecule has 2 rings (SSSR count). The number of carboxylic acid groups (broad SMARTS) is 1. The molecule has 1 aromatic carbocycles. The summed E-state index contributed by atoms with van der Waals surface area (Å²) in [5.41, 5.74) is 1.43. The average molecular weight is 191 g/mol. The largest absolute Gasteiger partial charge is 0.481 e. The highest BCUT2D eigenvalue weighted by Crippen LogP contribution is 2.20. The molecule has 2 aromatic rings. The van der Waals surface area contributed by atoms with Crippen molar-refractivity contribution < 1.29 is 14.4 Å². The van der Waals surface area contributed by atoms with E-state index < -0.39 is 11.9 Å². The Balaban J connectivity index is 2.48. The maximum absolute atomic E-state index is 10.7. The van der Waals surface area contributed by atoms with E-state index in [1.165, 1.54) is 6.26 Å². The van der Waals surface area contributed by atoms with Crippen molar-refractivity contribution in [1.29, 1.82) is 0 Å². The third-order valence-corrected chi connectivity index (χ3v) is 2.26. The van der Waals surface area contributed by atoms with Gasteiger partial charge in [-0.3, -0.25) is 4.79 Å². The molecule has 0 aliphatic carbocycles. The maximum Gasteiger partial charge on any atom is 0.310 e. The zero-order valence-corrected chi connectivity index (χ0v) is 7.60. The van der Waals surface area contributed by atoms with Crippen molar-refractivity contribution in [1.82, 2.24) is 5.16 Å². The summed E-state index contributed by atoms with van der Waals surface area (Å²) >= 11 is 0. The van der Waals surface area contributed by atoms with Gasteiger partial charge in [0.25, 0.3) is 0 Å². The van der Waals surface area contributed by atoms with Gasteiger partial charge in [0.05, 0.1) is 5.92 Å². The number of carboxylic acids is 1. The Hall–Kier alpha value is -1.84. The second kappa shape index (κ2) is 3.14. The number of rotatable bonds is 2. The molecule has 0 spiro atoms. The van der Waals surface area contributed by atoms with E-state index in [4.69, 9.17) is 9.63 Å². The van der Waals surface area contributed by atoms with Crippen LogP contribution in [0.1, 0.15) is 18.4 Å². The summed E-state index contributed by atoms with van der Waals surface area (Å²) in [6.07, 6.45) is 1.53. The van der Waals surface area contributed by atoms with Crippen LogP contribution in [0.2, 0.25) is 0 Å². The van der Waals surface area contributed by atoms with Crippen molar-refractivity contribution in [2.24, 2.45) is 0 Å². The third kappa shape index (κ3) is 1.35. The molecule has 14 heavy (non-hydrogen) atoms. The van der Waals surface area contributed by atoms with Gasteiger partial charge in [-0.05, 0) is 24.6 Å². The Morgan fingerprint density at radius 1 is 1.57 bits per heavy atom. The van der Waals surface area contributed by atoms with Crippen LogP contribution in [-0.2, 0) is 4.79 Å². The molecule has 0 bridgehead atoms. The number of benzene rings is 1. The fourth-order valence-corrected chi connectivity index (χ4v) is 1.29. The fourth-order valence-electron chi connectivity index (χ4n) is 1.29. The molecule has 0 saturated heterocycles. The molecule has 4 nitrogen and oxygen atoms in total. The summed E-state index contributed by atoms with van der Waals surface area (Å²) in [7, 11) is 0. The van der Waals surface area contributed by atoms with E-state index in [1.807, 2.05) is 0 Å². The molecule has 0 radical (unpaired) electrons. The molecule has 1 N–H and O–H groups in total. The predicted molar refractivity (Wildman–Crippen MR) is 50.1 cm³/mol. The second-order valence-electron chi connectivity index (χ2n) is 3.19. The first-order valence-electron chi connectivity index (χ1n) is 4.25. The smallest absolute Gasteiger partial charge is 0.310 e. The first-order chi connectivity index (χ1) is 6.68. The monoisotopic (exact) mass is 191 g/mol. The number of hydrogen-bond acceptors (Lipinski definition) is 3. The lowest BCUT2D eigenvalue weighted by molar-refractivity contribution is -0.138. The van der Waals surface area contributed by atoms with Crippen LogP contribution < -0.4 is 0 Å². The predicted octanol–water partition coefficient (Wildman–Crippen LogP) is 2.02. The van der Waals surface area contributed by atoms with E-state index in [1.54, 1.807) is 25.1 Å². The van der Waals surface area contributed by atoms with Crippen molar-refractivity contribution in [2.75, 3.05) is 0 Å². The van der Waals surface area contributed by atoms with Crippen molar-refractivity contribution in [3.8, 4) is 0 Å². The molecule has 1 heterocycles. The molecular weight excluding hydrogens is 182 g/mol. The molecule has 1 atom stereocenters. The Morgan fingerprint density at radius 3 is 3.07 bits per heavy atom. The van der Waals surface area contributed by atoms with E-state index in [2.05, 4.69) is 5.16 Å². The molecular formula is C10H9NO3. The van der Waals surface area contributed by atoms with Gasteiger partial charge < -0.3 is 9.63 Å². The number of hydrogen-bond donors (Lipinski definition) is 1. The fraction of sp³-hybridized carbons (Fsp3) is 0.200. The van der Waals surface area contributed by atoms with E-state index in [9.17, 15) is 4.79 Å². The van der Waals surface area contributed by atoms with Crippen molar-refractivity contribution in [3.05, 3.63) is 30.0 Å². The minimum absolute atomic E-state index is 0.518. The number of aromatic nitrogens is 1. The minimum atomic E-state index is -0.840. The van der Waals surface area contributed by atoms with Gasteiger partial charge in [-0.2, -0.15) is 0 Å². The summed E-state index contributed by atoms with van der Waals surface area (Å²) in [6, 6.07) is 5.32. The van der Waals surface area contributed by atoms with Crippen LogP contribution in [0.4, 0.5) is 0 Å². The summed E-state index contributed by atoms with van der Waals surface area (Å²) < 4.78 is 4.76. The van der Waals surface area contributed by atoms with Gasteiger partial charge in [0, 0.05) is 5.39 Å². The molecule has 0 amide bonds. The topological polar surface area (TPSA) is 63.3 Å². The standard InChI is InChI=1S/C10H9NO3/c1-6(10(12)13)7-2-3-8-5-14-11-9(8)4-7/h2-6H,1H3,(H,12,13). The van der Waals surface area contributed by atoms with Gasteiger partial charge in [0.2, 0.25) is 0 Å². The molecule has 1 aromatic heterocycles. The highest BCUT2D eigenvalue weighted by molar-refractivity contribution is 5.81. The minimum Gasteiger partial charge on any atom is -0.481 e. The van der Waals surface area contributed by atoms with Crippen LogP contribution in [0.3, 0.4) is 0 Å². The summed E-state index contributed by atoms with van der Waals surface area (Å²) in [5.74, 6) is -1.36. The van der Waals surface area contributed by atoms with Crippen LogP contribution >= 0.6 is 0 Å². The highest BCUT2D eigenvalue weighted by Gasteiger charge is 2.14. The van der Waals surface area contributed by atoms with Crippen LogP contribution in [0.5, 0.6) is 0 Å². The molecule has 4 heteroatoms. The van der Waals surface area contributed by atoms with E-state index in [0.29, 0.717) is 5.52 Å². The number of fused-ring (bicyclic) bond motifs is 1. The van der Waals surface area contributed by atoms with Crippen molar-refractivity contribution in [3.63, 3.8) is 0 Å². The summed E-state index contributed by atoms with van der Waals surface area (Å²) in [5, 5.41) is 13.4. The van der Waals surface area contributed by atoms with Crippen LogP contribution in [0.15, 0.2) is 29.0 Å². The average Bonchev–Trinajstić information content (AvgIpc) is 2.62. The Labute approximate surface area is 80.1 Å². The van der Waals surface area contributed by atoms with Crippen molar-refractivity contribution in [2.45, 2.75) is 12.8 Å². The van der Waals surface area contributed by atoms with Crippen LogP contribution in [-0.4, -0.2) is 16.2 Å². The van der Waals surface area contributed by atoms with Gasteiger partial charge in [-0.1, -0.05) is 11.2 Å². The number of carbonyl (C=O) groups is 1. The van der Waals surface area contributed by atoms with Gasteiger partial charge in [-0.25, -0.2) is 0 Å². The normalized spacial score (nSPS) is 12.9. The van der Waals surface area contributed by atoms with Gasteiger partial charge in [0.15, 0.2) is 0 Å². The molecule has 0 aliphatic heterocycles.